The van der Waals surface area contributed by atoms with E-state index in [2.05, 4.69) is 0 Å². The van der Waals surface area contributed by atoms with Crippen LogP contribution < -0.4 is 0 Å². The maximum absolute atomic E-state index is 12.2. The lowest BCUT2D eigenvalue weighted by molar-refractivity contribution is -0.233. The van der Waals surface area contributed by atoms with E-state index in [9.17, 15) is 4.79 Å². The molecule has 0 amide bonds. The average Bonchev–Trinajstić information content (AvgIpc) is 2.46. The Balaban J connectivity index is 1.97. The van der Waals surface area contributed by atoms with Gasteiger partial charge in [-0.05, 0) is 0 Å². The van der Waals surface area contributed by atoms with Gasteiger partial charge in [0.2, 0.25) is 5.78 Å². The van der Waals surface area contributed by atoms with Crippen LogP contribution in [0.15, 0.2) is 30.3 Å². The molecule has 1 fully saturated rings. The van der Waals surface area contributed by atoms with Gasteiger partial charge >= 0.3 is 0 Å². The summed E-state index contributed by atoms with van der Waals surface area (Å²) < 4.78 is 11.3. The van der Waals surface area contributed by atoms with Crippen LogP contribution in [0.25, 0.3) is 0 Å². The predicted molar refractivity (Wildman–Crippen MR) is 77.1 cm³/mol. The van der Waals surface area contributed by atoms with E-state index in [1.807, 2.05) is 26.8 Å². The molecular weight excluding hydrogens is 254 g/mol. The van der Waals surface area contributed by atoms with Crippen LogP contribution in [0.4, 0.5) is 0 Å². The van der Waals surface area contributed by atoms with E-state index in [1.165, 1.54) is 0 Å². The second-order valence-electron chi connectivity index (χ2n) is 6.17. The topological polar surface area (TPSA) is 59.4 Å². The molecule has 0 atom stereocenters. The first-order chi connectivity index (χ1) is 9.39. The van der Waals surface area contributed by atoms with Gasteiger partial charge in [-0.2, -0.15) is 0 Å². The maximum Gasteiger partial charge on any atom is 0.206 e. The molecule has 4 nitrogen and oxygen atoms in total. The highest BCUT2D eigenvalue weighted by molar-refractivity contribution is 6.45. The second-order valence-corrected chi connectivity index (χ2v) is 6.17. The number of ketones is 1. The third-order valence-corrected chi connectivity index (χ3v) is 3.29. The van der Waals surface area contributed by atoms with E-state index in [0.717, 1.165) is 0 Å². The van der Waals surface area contributed by atoms with Crippen LogP contribution in [0.3, 0.4) is 0 Å². The zero-order chi connectivity index (χ0) is 14.8. The Bertz CT molecular complexity index is 482. The van der Waals surface area contributed by atoms with Crippen molar-refractivity contribution in [3.8, 4) is 0 Å². The van der Waals surface area contributed by atoms with E-state index in [4.69, 9.17) is 14.9 Å². The van der Waals surface area contributed by atoms with Crippen molar-refractivity contribution in [2.75, 3.05) is 13.2 Å². The van der Waals surface area contributed by atoms with Gasteiger partial charge in [0.05, 0.1) is 24.8 Å². The quantitative estimate of drug-likeness (QED) is 0.681. The summed E-state index contributed by atoms with van der Waals surface area (Å²) in [6.07, 6.45) is -0.279. The van der Waals surface area contributed by atoms with Gasteiger partial charge in [0.15, 0.2) is 6.29 Å². The number of carbonyl (C=O) groups is 1. The monoisotopic (exact) mass is 275 g/mol. The third kappa shape index (κ3) is 3.32. The first-order valence-electron chi connectivity index (χ1n) is 6.81. The number of nitrogens with one attached hydrogen (secondary N) is 1. The van der Waals surface area contributed by atoms with E-state index in [-0.39, 0.29) is 29.1 Å². The van der Waals surface area contributed by atoms with Crippen molar-refractivity contribution in [2.24, 2.45) is 11.3 Å². The normalized spacial score (nSPS) is 23.4. The fourth-order valence-corrected chi connectivity index (χ4v) is 2.10. The van der Waals surface area contributed by atoms with Crippen molar-refractivity contribution in [2.45, 2.75) is 27.1 Å². The lowest BCUT2D eigenvalue weighted by Crippen LogP contribution is -2.43. The third-order valence-electron chi connectivity index (χ3n) is 3.29. The number of hydrogen-bond donors (Lipinski definition) is 1. The van der Waals surface area contributed by atoms with Crippen molar-refractivity contribution in [3.63, 3.8) is 0 Å². The molecular formula is C16H21NO3. The summed E-state index contributed by atoms with van der Waals surface area (Å²) >= 11 is 0. The molecule has 1 aliphatic heterocycles. The molecule has 0 bridgehead atoms. The lowest BCUT2D eigenvalue weighted by atomic mass is 9.93. The zero-order valence-corrected chi connectivity index (χ0v) is 12.2. The van der Waals surface area contributed by atoms with Crippen molar-refractivity contribution in [1.29, 1.82) is 5.41 Å². The smallest absolute Gasteiger partial charge is 0.206 e. The Labute approximate surface area is 119 Å². The van der Waals surface area contributed by atoms with Crippen LogP contribution >= 0.6 is 0 Å². The fraction of sp³-hybridized carbons (Fsp3) is 0.500. The summed E-state index contributed by atoms with van der Waals surface area (Å²) in [5.74, 6) is -0.543. The van der Waals surface area contributed by atoms with Gasteiger partial charge in [0.25, 0.3) is 0 Å². The van der Waals surface area contributed by atoms with Gasteiger partial charge < -0.3 is 14.9 Å². The van der Waals surface area contributed by atoms with Gasteiger partial charge in [-0.3, -0.25) is 4.79 Å². The molecule has 1 aliphatic rings. The highest BCUT2D eigenvalue weighted by atomic mass is 16.7. The first kappa shape index (κ1) is 14.9. The molecule has 0 radical (unpaired) electrons. The number of Topliss-reactive ketones (excluding diaryl/α,β-unsaturated/α-hetero) is 1. The minimum atomic E-state index is -0.290. The largest absolute Gasteiger partial charge is 0.351 e. The number of rotatable bonds is 3. The molecule has 0 aliphatic carbocycles. The molecule has 2 rings (SSSR count). The SMILES string of the molecule is CC(C)(C)C1OCC(C(=N)C(=O)c2ccccc2)CO1. The molecule has 1 saturated heterocycles. The van der Waals surface area contributed by atoms with Crippen molar-refractivity contribution in [3.05, 3.63) is 35.9 Å². The molecule has 1 aromatic rings. The summed E-state index contributed by atoms with van der Waals surface area (Å²) in [6.45, 7) is 6.84. The Hall–Kier alpha value is -1.52. The van der Waals surface area contributed by atoms with Crippen molar-refractivity contribution in [1.82, 2.24) is 0 Å². The van der Waals surface area contributed by atoms with E-state index in [1.54, 1.807) is 24.3 Å². The molecule has 4 heteroatoms. The van der Waals surface area contributed by atoms with Crippen molar-refractivity contribution < 1.29 is 14.3 Å². The fourth-order valence-electron chi connectivity index (χ4n) is 2.10. The molecule has 0 saturated carbocycles. The minimum Gasteiger partial charge on any atom is -0.351 e. The van der Waals surface area contributed by atoms with Crippen LogP contribution in [0.5, 0.6) is 0 Å². The number of ether oxygens (including phenoxy) is 2. The van der Waals surface area contributed by atoms with Gasteiger partial charge in [-0.15, -0.1) is 0 Å². The van der Waals surface area contributed by atoms with Crippen LogP contribution in [0.1, 0.15) is 31.1 Å². The molecule has 108 valence electrons. The molecule has 0 aromatic heterocycles. The molecule has 1 heterocycles. The van der Waals surface area contributed by atoms with E-state index < -0.39 is 0 Å². The second kappa shape index (κ2) is 5.85. The predicted octanol–water partition coefficient (Wildman–Crippen LogP) is 2.92. The highest BCUT2D eigenvalue weighted by Crippen LogP contribution is 2.27. The Kier molecular flexibility index (Phi) is 4.35. The standard InChI is InChI=1S/C16H21NO3/c1-16(2,3)15-19-9-12(10-20-15)13(17)14(18)11-7-5-4-6-8-11/h4-8,12,15,17H,9-10H2,1-3H3. The number of benzene rings is 1. The Morgan fingerprint density at radius 1 is 1.15 bits per heavy atom. The summed E-state index contributed by atoms with van der Waals surface area (Å²) in [5.41, 5.74) is 0.496. The van der Waals surface area contributed by atoms with Crippen LogP contribution in [-0.4, -0.2) is 31.0 Å². The Morgan fingerprint density at radius 3 is 2.20 bits per heavy atom. The summed E-state index contributed by atoms with van der Waals surface area (Å²) in [7, 11) is 0. The molecule has 0 unspecified atom stereocenters. The Morgan fingerprint density at radius 2 is 1.70 bits per heavy atom. The molecule has 1 aromatic carbocycles. The van der Waals surface area contributed by atoms with Gasteiger partial charge in [0.1, 0.15) is 0 Å². The zero-order valence-electron chi connectivity index (χ0n) is 12.2. The first-order valence-corrected chi connectivity index (χ1v) is 6.81. The van der Waals surface area contributed by atoms with E-state index in [0.29, 0.717) is 18.8 Å². The minimum absolute atomic E-state index is 0.0589. The molecule has 0 spiro atoms. The lowest BCUT2D eigenvalue weighted by Gasteiger charge is -2.36. The summed E-state index contributed by atoms with van der Waals surface area (Å²) in [5, 5.41) is 8.04. The molecule has 20 heavy (non-hydrogen) atoms. The van der Waals surface area contributed by atoms with Crippen molar-refractivity contribution >= 4 is 11.5 Å². The van der Waals surface area contributed by atoms with Crippen LogP contribution in [0.2, 0.25) is 0 Å². The van der Waals surface area contributed by atoms with Gasteiger partial charge in [0, 0.05) is 11.0 Å². The highest BCUT2D eigenvalue weighted by Gasteiger charge is 2.34. The van der Waals surface area contributed by atoms with Crippen LogP contribution in [-0.2, 0) is 9.47 Å². The average molecular weight is 275 g/mol. The van der Waals surface area contributed by atoms with Crippen LogP contribution in [0, 0.1) is 16.7 Å². The summed E-state index contributed by atoms with van der Waals surface area (Å²) in [6, 6.07) is 8.88. The number of carbonyl (C=O) groups excluding carboxylic acids is 1. The maximum atomic E-state index is 12.2. The van der Waals surface area contributed by atoms with Gasteiger partial charge in [-0.25, -0.2) is 0 Å². The van der Waals surface area contributed by atoms with Gasteiger partial charge in [-0.1, -0.05) is 51.1 Å². The molecule has 1 N–H and O–H groups in total. The summed E-state index contributed by atoms with van der Waals surface area (Å²) in [4.78, 5) is 12.2. The number of hydrogen-bond acceptors (Lipinski definition) is 4. The van der Waals surface area contributed by atoms with E-state index >= 15 is 0 Å².